The number of hydrogen-bond donors (Lipinski definition) is 1. The average Bonchev–Trinajstić information content (AvgIpc) is 2.68. The summed E-state index contributed by atoms with van der Waals surface area (Å²) in [5, 5.41) is 2.77. The summed E-state index contributed by atoms with van der Waals surface area (Å²) in [6.07, 6.45) is -4.17. The number of anilines is 1. The van der Waals surface area contributed by atoms with Crippen LogP contribution in [0.1, 0.15) is 12.8 Å². The number of nitrogens with one attached hydrogen (secondary N) is 1. The molecule has 0 bridgehead atoms. The Hall–Kier alpha value is -2.30. The van der Waals surface area contributed by atoms with Crippen molar-refractivity contribution in [1.29, 1.82) is 0 Å². The second-order valence-corrected chi connectivity index (χ2v) is 8.98. The SMILES string of the molecule is O=C(Nc1ccc(OC(F)(F)F)cc1)C1CCN(S(=O)(=O)c2ccccc2Cl)CC1. The number of amides is 1. The number of carbonyl (C=O) groups is 1. The van der Waals surface area contributed by atoms with Crippen LogP contribution in [0.5, 0.6) is 5.75 Å². The number of nitrogens with zero attached hydrogens (tertiary/aromatic N) is 1. The maximum absolute atomic E-state index is 12.8. The molecule has 0 aromatic heterocycles. The van der Waals surface area contributed by atoms with E-state index in [0.29, 0.717) is 18.5 Å². The van der Waals surface area contributed by atoms with Crippen molar-refractivity contribution in [3.05, 3.63) is 53.6 Å². The topological polar surface area (TPSA) is 75.7 Å². The summed E-state index contributed by atoms with van der Waals surface area (Å²) in [4.78, 5) is 12.5. The first-order chi connectivity index (χ1) is 14.1. The van der Waals surface area contributed by atoms with E-state index in [4.69, 9.17) is 11.6 Å². The highest BCUT2D eigenvalue weighted by atomic mass is 35.5. The van der Waals surface area contributed by atoms with Gasteiger partial charge in [-0.2, -0.15) is 4.31 Å². The van der Waals surface area contributed by atoms with E-state index < -0.39 is 28.1 Å². The van der Waals surface area contributed by atoms with Gasteiger partial charge in [0, 0.05) is 24.7 Å². The fourth-order valence-corrected chi connectivity index (χ4v) is 5.10. The van der Waals surface area contributed by atoms with Crippen LogP contribution in [0.2, 0.25) is 5.02 Å². The van der Waals surface area contributed by atoms with Crippen molar-refractivity contribution >= 4 is 33.2 Å². The average molecular weight is 463 g/mol. The molecule has 0 saturated carbocycles. The van der Waals surface area contributed by atoms with Crippen molar-refractivity contribution in [2.75, 3.05) is 18.4 Å². The standard InChI is InChI=1S/C19H18ClF3N2O4S/c20-16-3-1-2-4-17(16)30(27,28)25-11-9-13(10-12-25)18(26)24-14-5-7-15(8-6-14)29-19(21,22)23/h1-8,13H,9-12H2,(H,24,26). The minimum atomic E-state index is -4.79. The largest absolute Gasteiger partial charge is 0.573 e. The zero-order valence-corrected chi connectivity index (χ0v) is 17.1. The van der Waals surface area contributed by atoms with Crippen molar-refractivity contribution in [2.45, 2.75) is 24.1 Å². The van der Waals surface area contributed by atoms with Gasteiger partial charge >= 0.3 is 6.36 Å². The maximum atomic E-state index is 12.8. The van der Waals surface area contributed by atoms with E-state index in [9.17, 15) is 26.4 Å². The van der Waals surface area contributed by atoms with Crippen LogP contribution in [0.15, 0.2) is 53.4 Å². The van der Waals surface area contributed by atoms with Gasteiger partial charge in [0.2, 0.25) is 15.9 Å². The number of carbonyl (C=O) groups excluding carboxylic acids is 1. The molecule has 0 unspecified atom stereocenters. The van der Waals surface area contributed by atoms with Crippen LogP contribution in [0, 0.1) is 5.92 Å². The Morgan fingerprint density at radius 2 is 1.67 bits per heavy atom. The van der Waals surface area contributed by atoms with Gasteiger partial charge in [-0.15, -0.1) is 13.2 Å². The molecule has 1 saturated heterocycles. The van der Waals surface area contributed by atoms with Crippen molar-refractivity contribution in [2.24, 2.45) is 5.92 Å². The first kappa shape index (κ1) is 22.4. The predicted octanol–water partition coefficient (Wildman–Crippen LogP) is 4.28. The third kappa shape index (κ3) is 5.44. The number of piperidine rings is 1. The molecule has 11 heteroatoms. The Balaban J connectivity index is 1.57. The number of halogens is 4. The van der Waals surface area contributed by atoms with E-state index in [1.807, 2.05) is 0 Å². The van der Waals surface area contributed by atoms with Gasteiger partial charge in [-0.25, -0.2) is 8.42 Å². The highest BCUT2D eigenvalue weighted by Gasteiger charge is 2.33. The highest BCUT2D eigenvalue weighted by molar-refractivity contribution is 7.89. The lowest BCUT2D eigenvalue weighted by Crippen LogP contribution is -2.41. The Morgan fingerprint density at radius 3 is 2.23 bits per heavy atom. The molecule has 6 nitrogen and oxygen atoms in total. The van der Waals surface area contributed by atoms with Gasteiger partial charge in [0.25, 0.3) is 0 Å². The molecule has 3 rings (SSSR count). The van der Waals surface area contributed by atoms with Gasteiger partial charge in [-0.3, -0.25) is 4.79 Å². The summed E-state index contributed by atoms with van der Waals surface area (Å²) in [6.45, 7) is 0.313. The van der Waals surface area contributed by atoms with Gasteiger partial charge in [0.05, 0.1) is 5.02 Å². The van der Waals surface area contributed by atoms with Gasteiger partial charge < -0.3 is 10.1 Å². The molecule has 0 aliphatic carbocycles. The molecular formula is C19H18ClF3N2O4S. The fraction of sp³-hybridized carbons (Fsp3) is 0.316. The number of rotatable bonds is 5. The molecule has 1 aliphatic heterocycles. The summed E-state index contributed by atoms with van der Waals surface area (Å²) in [5.41, 5.74) is 0.320. The zero-order chi connectivity index (χ0) is 21.9. The minimum Gasteiger partial charge on any atom is -0.406 e. The summed E-state index contributed by atoms with van der Waals surface area (Å²) >= 11 is 6.00. The first-order valence-corrected chi connectivity index (χ1v) is 10.8. The van der Waals surface area contributed by atoms with Crippen LogP contribution >= 0.6 is 11.6 Å². The Bertz CT molecular complexity index is 1010. The fourth-order valence-electron chi connectivity index (χ4n) is 3.14. The second kappa shape index (κ2) is 8.83. The van der Waals surface area contributed by atoms with Crippen molar-refractivity contribution in [1.82, 2.24) is 4.31 Å². The summed E-state index contributed by atoms with van der Waals surface area (Å²) in [6, 6.07) is 11.0. The van der Waals surface area contributed by atoms with E-state index >= 15 is 0 Å². The van der Waals surface area contributed by atoms with Crippen molar-refractivity contribution < 1.29 is 31.1 Å². The quantitative estimate of drug-likeness (QED) is 0.719. The predicted molar refractivity (Wildman–Crippen MR) is 105 cm³/mol. The molecule has 0 spiro atoms. The highest BCUT2D eigenvalue weighted by Crippen LogP contribution is 2.29. The number of alkyl halides is 3. The molecule has 30 heavy (non-hydrogen) atoms. The first-order valence-electron chi connectivity index (χ1n) is 8.97. The van der Waals surface area contributed by atoms with Crippen LogP contribution in [0.25, 0.3) is 0 Å². The van der Waals surface area contributed by atoms with Crippen LogP contribution in [0.3, 0.4) is 0 Å². The monoisotopic (exact) mass is 462 g/mol. The molecule has 1 aliphatic rings. The third-order valence-electron chi connectivity index (χ3n) is 4.63. The van der Waals surface area contributed by atoms with Crippen molar-refractivity contribution in [3.8, 4) is 5.75 Å². The van der Waals surface area contributed by atoms with E-state index in [0.717, 1.165) is 12.1 Å². The van der Waals surface area contributed by atoms with Crippen LogP contribution in [0.4, 0.5) is 18.9 Å². The summed E-state index contributed by atoms with van der Waals surface area (Å²) in [5.74, 6) is -1.14. The second-order valence-electron chi connectivity index (χ2n) is 6.67. The zero-order valence-electron chi connectivity index (χ0n) is 15.5. The van der Waals surface area contributed by atoms with E-state index in [1.54, 1.807) is 12.1 Å². The van der Waals surface area contributed by atoms with Crippen molar-refractivity contribution in [3.63, 3.8) is 0 Å². The van der Waals surface area contributed by atoms with E-state index in [2.05, 4.69) is 10.1 Å². The normalized spacial score (nSPS) is 16.3. The molecule has 1 amide bonds. The molecule has 1 N–H and O–H groups in total. The van der Waals surface area contributed by atoms with Crippen LogP contribution in [-0.4, -0.2) is 38.1 Å². The molecule has 162 valence electrons. The Labute approximate surface area is 176 Å². The maximum Gasteiger partial charge on any atom is 0.573 e. The van der Waals surface area contributed by atoms with Gasteiger partial charge in [0.1, 0.15) is 10.6 Å². The van der Waals surface area contributed by atoms with Crippen LogP contribution in [-0.2, 0) is 14.8 Å². The lowest BCUT2D eigenvalue weighted by Gasteiger charge is -2.30. The van der Waals surface area contributed by atoms with Crippen LogP contribution < -0.4 is 10.1 Å². The molecule has 0 atom stereocenters. The van der Waals surface area contributed by atoms with E-state index in [-0.39, 0.29) is 28.9 Å². The number of ether oxygens (including phenoxy) is 1. The van der Waals surface area contributed by atoms with Gasteiger partial charge in [0.15, 0.2) is 0 Å². The molecule has 1 heterocycles. The van der Waals surface area contributed by atoms with Gasteiger partial charge in [-0.05, 0) is 49.2 Å². The number of hydrogen-bond acceptors (Lipinski definition) is 4. The smallest absolute Gasteiger partial charge is 0.406 e. The minimum absolute atomic E-state index is 0.0238. The molecule has 2 aromatic carbocycles. The lowest BCUT2D eigenvalue weighted by molar-refractivity contribution is -0.274. The molecule has 2 aromatic rings. The third-order valence-corrected chi connectivity index (χ3v) is 7.03. The summed E-state index contributed by atoms with van der Waals surface area (Å²) in [7, 11) is -3.76. The molecule has 1 fully saturated rings. The number of benzene rings is 2. The summed E-state index contributed by atoms with van der Waals surface area (Å²) < 4.78 is 67.2. The number of sulfonamides is 1. The van der Waals surface area contributed by atoms with Gasteiger partial charge in [-0.1, -0.05) is 23.7 Å². The molecular weight excluding hydrogens is 445 g/mol. The lowest BCUT2D eigenvalue weighted by atomic mass is 9.97. The van der Waals surface area contributed by atoms with E-state index in [1.165, 1.54) is 28.6 Å². The Morgan fingerprint density at radius 1 is 1.07 bits per heavy atom. The molecule has 0 radical (unpaired) electrons. The Kier molecular flexibility index (Phi) is 6.59.